The normalized spacial score (nSPS) is 25.6. The van der Waals surface area contributed by atoms with Gasteiger partial charge in [0, 0.05) is 20.1 Å². The molecule has 1 aromatic rings. The van der Waals surface area contributed by atoms with Crippen LogP contribution in [0.3, 0.4) is 0 Å². The molecule has 110 valence electrons. The van der Waals surface area contributed by atoms with E-state index >= 15 is 0 Å². The van der Waals surface area contributed by atoms with Crippen molar-refractivity contribution < 1.29 is 9.53 Å². The summed E-state index contributed by atoms with van der Waals surface area (Å²) in [6, 6.07) is 0. The highest BCUT2D eigenvalue weighted by molar-refractivity contribution is 7.13. The van der Waals surface area contributed by atoms with Crippen molar-refractivity contribution in [3.8, 4) is 0 Å². The molecule has 1 atom stereocenters. The van der Waals surface area contributed by atoms with E-state index in [9.17, 15) is 4.79 Å². The van der Waals surface area contributed by atoms with E-state index in [0.29, 0.717) is 6.61 Å². The van der Waals surface area contributed by atoms with Crippen LogP contribution in [0.5, 0.6) is 0 Å². The number of aromatic nitrogens is 2. The van der Waals surface area contributed by atoms with Crippen molar-refractivity contribution >= 4 is 22.4 Å². The number of piperidine rings is 1. The Morgan fingerprint density at radius 1 is 1.50 bits per heavy atom. The maximum Gasteiger partial charge on any atom is 0.248 e. The van der Waals surface area contributed by atoms with Gasteiger partial charge in [0.25, 0.3) is 0 Å². The van der Waals surface area contributed by atoms with E-state index < -0.39 is 0 Å². The number of anilines is 1. The number of carbonyl (C=O) groups excluding carboxylic acids is 1. The molecule has 1 amide bonds. The molecule has 3 heterocycles. The maximum atomic E-state index is 11.6. The second-order valence-corrected chi connectivity index (χ2v) is 6.47. The minimum absolute atomic E-state index is 0.00569. The summed E-state index contributed by atoms with van der Waals surface area (Å²) < 4.78 is 5.79. The molecule has 0 aromatic carbocycles. The van der Waals surface area contributed by atoms with E-state index in [-0.39, 0.29) is 17.4 Å². The van der Waals surface area contributed by atoms with Crippen LogP contribution in [-0.2, 0) is 9.53 Å². The van der Waals surface area contributed by atoms with Gasteiger partial charge in [0.1, 0.15) is 11.6 Å². The van der Waals surface area contributed by atoms with Gasteiger partial charge in [-0.15, -0.1) is 10.2 Å². The zero-order valence-electron chi connectivity index (χ0n) is 11.7. The monoisotopic (exact) mass is 296 g/mol. The summed E-state index contributed by atoms with van der Waals surface area (Å²) in [4.78, 5) is 13.9. The van der Waals surface area contributed by atoms with Crippen molar-refractivity contribution in [2.75, 3.05) is 31.6 Å². The van der Waals surface area contributed by atoms with E-state index in [1.165, 1.54) is 0 Å². The second-order valence-electron chi connectivity index (χ2n) is 5.66. The first-order valence-electron chi connectivity index (χ1n) is 7.07. The Bertz CT molecular complexity index is 447. The first kappa shape index (κ1) is 13.8. The first-order valence-corrected chi connectivity index (χ1v) is 7.95. The Hall–Kier alpha value is -1.21. The molecule has 3 rings (SSSR count). The number of hydrogen-bond donors (Lipinski definition) is 1. The van der Waals surface area contributed by atoms with Crippen LogP contribution in [0.2, 0.25) is 0 Å². The van der Waals surface area contributed by atoms with Gasteiger partial charge in [0.2, 0.25) is 11.0 Å². The summed E-state index contributed by atoms with van der Waals surface area (Å²) in [6.07, 6.45) is 3.86. The third-order valence-electron chi connectivity index (χ3n) is 4.51. The average molecular weight is 296 g/mol. The largest absolute Gasteiger partial charge is 0.368 e. The molecule has 0 aliphatic carbocycles. The Labute approximate surface area is 122 Å². The molecule has 0 bridgehead atoms. The van der Waals surface area contributed by atoms with Crippen LogP contribution in [0.25, 0.3) is 0 Å². The molecule has 0 saturated carbocycles. The fourth-order valence-electron chi connectivity index (χ4n) is 3.11. The summed E-state index contributed by atoms with van der Waals surface area (Å²) in [5, 5.41) is 11.7. The fraction of sp³-hybridized carbons (Fsp3) is 0.769. The van der Waals surface area contributed by atoms with E-state index in [0.717, 1.165) is 43.9 Å². The van der Waals surface area contributed by atoms with Crippen LogP contribution in [0, 0.1) is 5.41 Å². The number of nitrogens with zero attached hydrogens (tertiary/aromatic N) is 3. The van der Waals surface area contributed by atoms with Crippen LogP contribution in [0.4, 0.5) is 5.13 Å². The number of likely N-dealkylation sites (N-methyl/N-ethyl adjacent to an activating group) is 1. The number of carbonyl (C=O) groups is 1. The number of nitrogens with one attached hydrogen (secondary N) is 1. The zero-order valence-corrected chi connectivity index (χ0v) is 12.5. The number of hydrogen-bond acceptors (Lipinski definition) is 6. The molecule has 7 heteroatoms. The van der Waals surface area contributed by atoms with Crippen LogP contribution in [0.1, 0.15) is 25.7 Å². The molecule has 2 aliphatic rings. The van der Waals surface area contributed by atoms with E-state index in [1.807, 2.05) is 0 Å². The van der Waals surface area contributed by atoms with Crippen molar-refractivity contribution in [1.82, 2.24) is 15.5 Å². The lowest BCUT2D eigenvalue weighted by Crippen LogP contribution is -2.48. The first-order chi connectivity index (χ1) is 9.72. The van der Waals surface area contributed by atoms with E-state index in [2.05, 4.69) is 20.4 Å². The maximum absolute atomic E-state index is 11.6. The third kappa shape index (κ3) is 2.64. The highest BCUT2D eigenvalue weighted by Gasteiger charge is 2.40. The van der Waals surface area contributed by atoms with Crippen molar-refractivity contribution in [2.45, 2.75) is 31.8 Å². The Morgan fingerprint density at radius 2 is 2.30 bits per heavy atom. The number of ether oxygens (including phenoxy) is 1. The lowest BCUT2D eigenvalue weighted by molar-refractivity contribution is -0.142. The van der Waals surface area contributed by atoms with Gasteiger partial charge in [-0.05, 0) is 31.1 Å². The van der Waals surface area contributed by atoms with Gasteiger partial charge >= 0.3 is 0 Å². The minimum Gasteiger partial charge on any atom is -0.368 e. The molecule has 2 fully saturated rings. The molecule has 20 heavy (non-hydrogen) atoms. The van der Waals surface area contributed by atoms with E-state index in [1.54, 1.807) is 23.9 Å². The van der Waals surface area contributed by atoms with Crippen molar-refractivity contribution in [3.63, 3.8) is 0 Å². The van der Waals surface area contributed by atoms with Crippen LogP contribution >= 0.6 is 11.3 Å². The predicted molar refractivity (Wildman–Crippen MR) is 76.8 cm³/mol. The summed E-state index contributed by atoms with van der Waals surface area (Å²) in [5.74, 6) is 0.00569. The highest BCUT2D eigenvalue weighted by Crippen LogP contribution is 2.41. The van der Waals surface area contributed by atoms with E-state index in [4.69, 9.17) is 4.74 Å². The van der Waals surface area contributed by atoms with Crippen molar-refractivity contribution in [2.24, 2.45) is 5.41 Å². The summed E-state index contributed by atoms with van der Waals surface area (Å²) in [5.41, 5.74) is 2.03. The Morgan fingerprint density at radius 3 is 2.85 bits per heavy atom. The zero-order chi connectivity index (χ0) is 14.0. The molecule has 0 radical (unpaired) electrons. The summed E-state index contributed by atoms with van der Waals surface area (Å²) in [6.45, 7) is 2.71. The molecule has 2 saturated heterocycles. The molecule has 1 N–H and O–H groups in total. The smallest absolute Gasteiger partial charge is 0.248 e. The summed E-state index contributed by atoms with van der Waals surface area (Å²) in [7, 11) is 1.66. The third-order valence-corrected chi connectivity index (χ3v) is 5.26. The van der Waals surface area contributed by atoms with Gasteiger partial charge in [-0.2, -0.15) is 0 Å². The molecule has 6 nitrogen and oxygen atoms in total. The quantitative estimate of drug-likeness (QED) is 0.883. The lowest BCUT2D eigenvalue weighted by Gasteiger charge is -2.45. The van der Waals surface area contributed by atoms with Crippen LogP contribution in [-0.4, -0.2) is 49.0 Å². The van der Waals surface area contributed by atoms with Crippen molar-refractivity contribution in [3.05, 3.63) is 5.51 Å². The summed E-state index contributed by atoms with van der Waals surface area (Å²) >= 11 is 1.59. The van der Waals surface area contributed by atoms with Gasteiger partial charge < -0.3 is 15.0 Å². The molecular weight excluding hydrogens is 276 g/mol. The minimum atomic E-state index is -0.258. The molecule has 0 unspecified atom stereocenters. The van der Waals surface area contributed by atoms with Gasteiger partial charge in [-0.1, -0.05) is 11.3 Å². The topological polar surface area (TPSA) is 67.4 Å². The van der Waals surface area contributed by atoms with Gasteiger partial charge in [-0.3, -0.25) is 4.79 Å². The van der Waals surface area contributed by atoms with Gasteiger partial charge in [0.05, 0.1) is 6.61 Å². The number of rotatable bonds is 2. The standard InChI is InChI=1S/C13H20N4O2S/c1-14-11(18)10-2-3-13(8-19-10)4-6-17(7-5-13)12-16-15-9-20-12/h9-10H,2-8H2,1H3,(H,14,18)/t10-/m1/s1. The number of amides is 1. The molecule has 1 spiro atoms. The average Bonchev–Trinajstić information content (AvgIpc) is 3.02. The molecule has 1 aromatic heterocycles. The van der Waals surface area contributed by atoms with Crippen LogP contribution in [0.15, 0.2) is 5.51 Å². The highest BCUT2D eigenvalue weighted by atomic mass is 32.1. The van der Waals surface area contributed by atoms with Crippen molar-refractivity contribution in [1.29, 1.82) is 0 Å². The predicted octanol–water partition coefficient (Wildman–Crippen LogP) is 1.05. The second kappa shape index (κ2) is 5.65. The van der Waals surface area contributed by atoms with Crippen LogP contribution < -0.4 is 10.2 Å². The SMILES string of the molecule is CNC(=O)[C@H]1CCC2(CCN(c3nncs3)CC2)CO1. The van der Waals surface area contributed by atoms with Gasteiger partial charge in [-0.25, -0.2) is 0 Å². The lowest BCUT2D eigenvalue weighted by atomic mass is 9.73. The molecule has 2 aliphatic heterocycles. The Balaban J connectivity index is 1.55. The van der Waals surface area contributed by atoms with Gasteiger partial charge in [0.15, 0.2) is 0 Å². The Kier molecular flexibility index (Phi) is 3.89. The molecular formula is C13H20N4O2S. The fourth-order valence-corrected chi connectivity index (χ4v) is 3.72.